The summed E-state index contributed by atoms with van der Waals surface area (Å²) in [6.45, 7) is 1.19. The Balaban J connectivity index is 1.89. The second-order valence-corrected chi connectivity index (χ2v) is 9.94. The maximum absolute atomic E-state index is 13.4. The molecule has 0 unspecified atom stereocenters. The Bertz CT molecular complexity index is 1250. The van der Waals surface area contributed by atoms with Crippen LogP contribution in [0.5, 0.6) is 0 Å². The van der Waals surface area contributed by atoms with Crippen molar-refractivity contribution in [1.82, 2.24) is 15.5 Å². The van der Waals surface area contributed by atoms with Gasteiger partial charge >= 0.3 is 6.18 Å². The summed E-state index contributed by atoms with van der Waals surface area (Å²) in [5.74, 6) is -1.61. The number of halogens is 5. The van der Waals surface area contributed by atoms with E-state index in [2.05, 4.69) is 10.6 Å². The molecule has 1 heterocycles. The Morgan fingerprint density at radius 2 is 1.92 bits per heavy atom. The molecule has 2 N–H and O–H groups in total. The molecule has 1 fully saturated rings. The zero-order chi connectivity index (χ0) is 28.7. The van der Waals surface area contributed by atoms with Gasteiger partial charge in [0.25, 0.3) is 5.91 Å². The summed E-state index contributed by atoms with van der Waals surface area (Å²) in [5.41, 5.74) is -0.189. The van der Waals surface area contributed by atoms with Crippen molar-refractivity contribution < 1.29 is 31.9 Å². The number of rotatable bonds is 8. The van der Waals surface area contributed by atoms with Crippen LogP contribution in [-0.2, 0) is 28.9 Å². The topological polar surface area (TPSA) is 78.5 Å². The van der Waals surface area contributed by atoms with E-state index in [1.165, 1.54) is 24.1 Å². The van der Waals surface area contributed by atoms with Crippen molar-refractivity contribution in [3.63, 3.8) is 0 Å². The fourth-order valence-electron chi connectivity index (χ4n) is 4.24. The molecule has 11 heteroatoms. The van der Waals surface area contributed by atoms with Crippen LogP contribution in [-0.4, -0.2) is 48.3 Å². The molecule has 0 radical (unpaired) electrons. The lowest BCUT2D eigenvalue weighted by Gasteiger charge is -2.27. The first-order valence-electron chi connectivity index (χ1n) is 12.4. The number of hydrogen-bond acceptors (Lipinski definition) is 3. The van der Waals surface area contributed by atoms with Gasteiger partial charge in [0.15, 0.2) is 0 Å². The van der Waals surface area contributed by atoms with E-state index in [1.807, 2.05) is 6.92 Å². The fourth-order valence-corrected chi connectivity index (χ4v) is 4.45. The number of hydrogen-bond donors (Lipinski definition) is 2. The molecule has 3 amide bonds. The third-order valence-corrected chi connectivity index (χ3v) is 6.95. The molecule has 0 aromatic heterocycles. The summed E-state index contributed by atoms with van der Waals surface area (Å²) >= 11 is 6.25. The number of alkyl halides is 4. The summed E-state index contributed by atoms with van der Waals surface area (Å²) in [4.78, 5) is 39.3. The molecule has 210 valence electrons. The van der Waals surface area contributed by atoms with Crippen molar-refractivity contribution in [3.8, 4) is 0 Å². The number of aryl methyl sites for hydroxylation is 1. The standard InChI is InChI=1S/C28H30ClF4N3O3/c1-17-6-7-18(14-23(17)29)13-22(8-9-25(37)35-24-5-3-4-10-34-26(24)38)36(2)27(39)20-11-19(16-30)12-21(15-20)28(31,32)33/h6-9,11-12,14-15,22,24H,3-5,10,13,16H2,1-2H3,(H,34,38)(H,35,37)/b9-8+/t22-,24+/m0/s1. The normalized spacial score (nSPS) is 16.9. The average Bonchev–Trinajstić information content (AvgIpc) is 3.10. The van der Waals surface area contributed by atoms with Gasteiger partial charge in [-0.2, -0.15) is 13.2 Å². The fraction of sp³-hybridized carbons (Fsp3) is 0.393. The van der Waals surface area contributed by atoms with Crippen LogP contribution in [0.1, 0.15) is 51.9 Å². The molecule has 3 rings (SSSR count). The molecule has 0 spiro atoms. The van der Waals surface area contributed by atoms with E-state index in [-0.39, 0.29) is 23.5 Å². The van der Waals surface area contributed by atoms with Crippen LogP contribution in [0.15, 0.2) is 48.6 Å². The van der Waals surface area contributed by atoms with Gasteiger partial charge in [-0.3, -0.25) is 14.4 Å². The van der Waals surface area contributed by atoms with Gasteiger partial charge in [0, 0.05) is 30.3 Å². The minimum atomic E-state index is -4.76. The number of benzene rings is 2. The van der Waals surface area contributed by atoms with E-state index in [9.17, 15) is 31.9 Å². The van der Waals surface area contributed by atoms with Gasteiger partial charge in [0.05, 0.1) is 11.6 Å². The zero-order valence-electron chi connectivity index (χ0n) is 21.6. The van der Waals surface area contributed by atoms with E-state index in [0.29, 0.717) is 30.1 Å². The van der Waals surface area contributed by atoms with Crippen LogP contribution in [0.4, 0.5) is 17.6 Å². The Morgan fingerprint density at radius 3 is 2.59 bits per heavy atom. The van der Waals surface area contributed by atoms with Gasteiger partial charge in [-0.05, 0) is 73.6 Å². The number of likely N-dealkylation sites (N-methyl/N-ethyl adjacent to an activating group) is 1. The van der Waals surface area contributed by atoms with E-state index >= 15 is 0 Å². The molecule has 39 heavy (non-hydrogen) atoms. The monoisotopic (exact) mass is 567 g/mol. The molecule has 1 saturated heterocycles. The maximum atomic E-state index is 13.4. The summed E-state index contributed by atoms with van der Waals surface area (Å²) in [7, 11) is 1.39. The van der Waals surface area contributed by atoms with Crippen LogP contribution in [0.2, 0.25) is 5.02 Å². The number of nitrogens with one attached hydrogen (secondary N) is 2. The Hall–Kier alpha value is -3.40. The number of nitrogens with zero attached hydrogens (tertiary/aromatic N) is 1. The molecule has 1 aliphatic heterocycles. The largest absolute Gasteiger partial charge is 0.416 e. The summed E-state index contributed by atoms with van der Waals surface area (Å²) in [6.07, 6.45) is 0.118. The average molecular weight is 568 g/mol. The van der Waals surface area contributed by atoms with Crippen LogP contribution < -0.4 is 10.6 Å². The van der Waals surface area contributed by atoms with Crippen molar-refractivity contribution in [3.05, 3.63) is 81.4 Å². The van der Waals surface area contributed by atoms with Crippen molar-refractivity contribution >= 4 is 29.3 Å². The minimum Gasteiger partial charge on any atom is -0.354 e. The van der Waals surface area contributed by atoms with Crippen molar-refractivity contribution in [2.45, 2.75) is 57.5 Å². The first-order valence-corrected chi connectivity index (χ1v) is 12.8. The first-order chi connectivity index (χ1) is 18.4. The summed E-state index contributed by atoms with van der Waals surface area (Å²) in [5, 5.41) is 5.88. The predicted octanol–water partition coefficient (Wildman–Crippen LogP) is 5.16. The van der Waals surface area contributed by atoms with Gasteiger partial charge in [-0.25, -0.2) is 4.39 Å². The Labute approximate surface area is 229 Å². The van der Waals surface area contributed by atoms with Crippen LogP contribution in [0.3, 0.4) is 0 Å². The van der Waals surface area contributed by atoms with Crippen LogP contribution in [0, 0.1) is 6.92 Å². The zero-order valence-corrected chi connectivity index (χ0v) is 22.3. The summed E-state index contributed by atoms with van der Waals surface area (Å²) < 4.78 is 53.4. The first kappa shape index (κ1) is 30.1. The highest BCUT2D eigenvalue weighted by Gasteiger charge is 2.32. The molecular weight excluding hydrogens is 538 g/mol. The lowest BCUT2D eigenvalue weighted by molar-refractivity contribution is -0.137. The van der Waals surface area contributed by atoms with Crippen LogP contribution in [0.25, 0.3) is 0 Å². The van der Waals surface area contributed by atoms with Crippen molar-refractivity contribution in [1.29, 1.82) is 0 Å². The second kappa shape index (κ2) is 13.1. The van der Waals surface area contributed by atoms with Gasteiger partial charge in [-0.1, -0.05) is 29.8 Å². The quantitative estimate of drug-likeness (QED) is 0.342. The van der Waals surface area contributed by atoms with Gasteiger partial charge in [0.1, 0.15) is 12.7 Å². The number of carbonyl (C=O) groups is 3. The molecule has 2 aromatic rings. The number of amides is 3. The lowest BCUT2D eigenvalue weighted by atomic mass is 10.0. The minimum absolute atomic E-state index is 0.185. The molecule has 2 atom stereocenters. The van der Waals surface area contributed by atoms with E-state index in [1.54, 1.807) is 18.2 Å². The van der Waals surface area contributed by atoms with E-state index in [0.717, 1.165) is 30.0 Å². The van der Waals surface area contributed by atoms with Gasteiger partial charge in [-0.15, -0.1) is 0 Å². The number of carbonyl (C=O) groups excluding carboxylic acids is 3. The highest BCUT2D eigenvalue weighted by atomic mass is 35.5. The smallest absolute Gasteiger partial charge is 0.354 e. The lowest BCUT2D eigenvalue weighted by Crippen LogP contribution is -2.45. The molecule has 1 aliphatic rings. The third kappa shape index (κ3) is 8.29. The molecule has 0 aliphatic carbocycles. The Kier molecular flexibility index (Phi) is 10.1. The summed E-state index contributed by atoms with van der Waals surface area (Å²) in [6, 6.07) is 6.23. The predicted molar refractivity (Wildman–Crippen MR) is 140 cm³/mol. The SMILES string of the molecule is Cc1ccc(C[C@H](/C=C/C(=O)N[C@@H]2CCCCNC2=O)N(C)C(=O)c2cc(CF)cc(C(F)(F)F)c2)cc1Cl. The third-order valence-electron chi connectivity index (χ3n) is 6.54. The molecule has 2 aromatic carbocycles. The van der Waals surface area contributed by atoms with Gasteiger partial charge in [0.2, 0.25) is 11.8 Å². The highest BCUT2D eigenvalue weighted by molar-refractivity contribution is 6.31. The Morgan fingerprint density at radius 1 is 1.18 bits per heavy atom. The maximum Gasteiger partial charge on any atom is 0.416 e. The van der Waals surface area contributed by atoms with E-state index in [4.69, 9.17) is 11.6 Å². The molecule has 0 bridgehead atoms. The van der Waals surface area contributed by atoms with Crippen molar-refractivity contribution in [2.75, 3.05) is 13.6 Å². The van der Waals surface area contributed by atoms with E-state index < -0.39 is 42.3 Å². The highest BCUT2D eigenvalue weighted by Crippen LogP contribution is 2.31. The second-order valence-electron chi connectivity index (χ2n) is 9.53. The molecule has 6 nitrogen and oxygen atoms in total. The van der Waals surface area contributed by atoms with Gasteiger partial charge < -0.3 is 15.5 Å². The van der Waals surface area contributed by atoms with Crippen molar-refractivity contribution in [2.24, 2.45) is 0 Å². The van der Waals surface area contributed by atoms with Crippen LogP contribution >= 0.6 is 11.6 Å². The molecular formula is C28H30ClF4N3O3. The molecule has 0 saturated carbocycles.